The second-order valence-corrected chi connectivity index (χ2v) is 4.23. The number of aryl methyl sites for hydroxylation is 1. The van der Waals surface area contributed by atoms with Crippen LogP contribution in [0.3, 0.4) is 0 Å². The summed E-state index contributed by atoms with van der Waals surface area (Å²) in [6, 6.07) is 4.03. The maximum atomic E-state index is 5.58. The van der Waals surface area contributed by atoms with Gasteiger partial charge in [-0.1, -0.05) is 0 Å². The molecule has 6 heteroatoms. The third-order valence-corrected chi connectivity index (χ3v) is 2.80. The lowest BCUT2D eigenvalue weighted by Crippen LogP contribution is -1.91. The van der Waals surface area contributed by atoms with Crippen molar-refractivity contribution < 1.29 is 9.15 Å². The topological polar surface area (TPSA) is 65.5 Å². The molecule has 3 rings (SSSR count). The molecule has 0 aromatic carbocycles. The van der Waals surface area contributed by atoms with Crippen LogP contribution in [0.25, 0.3) is 17.0 Å². The summed E-state index contributed by atoms with van der Waals surface area (Å²) in [4.78, 5) is 0. The Bertz CT molecular complexity index is 702. The smallest absolute Gasteiger partial charge is 0.251 e. The lowest BCUT2D eigenvalue weighted by Gasteiger charge is -1.96. The lowest BCUT2D eigenvalue weighted by atomic mass is 10.2. The summed E-state index contributed by atoms with van der Waals surface area (Å²) < 4.78 is 12.6. The summed E-state index contributed by atoms with van der Waals surface area (Å²) >= 11 is 0. The minimum atomic E-state index is 0.335. The van der Waals surface area contributed by atoms with Gasteiger partial charge in [0.05, 0.1) is 17.3 Å². The average molecular weight is 258 g/mol. The molecule has 0 unspecified atom stereocenters. The normalized spacial score (nSPS) is 11.3. The number of nitrogens with zero attached hydrogens (tertiary/aromatic N) is 4. The van der Waals surface area contributed by atoms with E-state index in [9.17, 15) is 0 Å². The molecule has 3 heterocycles. The van der Waals surface area contributed by atoms with Gasteiger partial charge >= 0.3 is 0 Å². The Morgan fingerprint density at radius 3 is 3.11 bits per heavy atom. The van der Waals surface area contributed by atoms with Crippen LogP contribution in [-0.4, -0.2) is 26.4 Å². The van der Waals surface area contributed by atoms with Crippen LogP contribution in [0, 0.1) is 6.92 Å². The van der Waals surface area contributed by atoms with Crippen LogP contribution in [0.4, 0.5) is 0 Å². The molecule has 0 saturated carbocycles. The van der Waals surface area contributed by atoms with Crippen molar-refractivity contribution >= 4 is 5.52 Å². The first kappa shape index (κ1) is 11.9. The quantitative estimate of drug-likeness (QED) is 0.718. The van der Waals surface area contributed by atoms with E-state index in [-0.39, 0.29) is 0 Å². The zero-order valence-corrected chi connectivity index (χ0v) is 10.8. The average Bonchev–Trinajstić information content (AvgIpc) is 3.01. The van der Waals surface area contributed by atoms with Crippen molar-refractivity contribution in [1.82, 2.24) is 19.8 Å². The van der Waals surface area contributed by atoms with Crippen molar-refractivity contribution in [1.29, 1.82) is 0 Å². The SMILES string of the molecule is CCOCc1nnc(-c2cnn3ccc(C)cc23)o1. The maximum absolute atomic E-state index is 5.58. The van der Waals surface area contributed by atoms with E-state index in [4.69, 9.17) is 9.15 Å². The molecule has 3 aromatic rings. The number of hydrogen-bond donors (Lipinski definition) is 0. The van der Waals surface area contributed by atoms with Crippen LogP contribution in [0.1, 0.15) is 18.4 Å². The van der Waals surface area contributed by atoms with Crippen LogP contribution in [-0.2, 0) is 11.3 Å². The van der Waals surface area contributed by atoms with E-state index in [1.165, 1.54) is 0 Å². The molecule has 0 aliphatic rings. The lowest BCUT2D eigenvalue weighted by molar-refractivity contribution is 0.115. The molecular weight excluding hydrogens is 244 g/mol. The zero-order chi connectivity index (χ0) is 13.2. The van der Waals surface area contributed by atoms with Crippen molar-refractivity contribution in [3.05, 3.63) is 36.0 Å². The van der Waals surface area contributed by atoms with Gasteiger partial charge in [-0.2, -0.15) is 5.10 Å². The summed E-state index contributed by atoms with van der Waals surface area (Å²) in [5, 5.41) is 12.3. The zero-order valence-electron chi connectivity index (χ0n) is 10.8. The highest BCUT2D eigenvalue weighted by Gasteiger charge is 2.13. The number of rotatable bonds is 4. The number of pyridine rings is 1. The second-order valence-electron chi connectivity index (χ2n) is 4.23. The van der Waals surface area contributed by atoms with Gasteiger partial charge in [-0.25, -0.2) is 4.52 Å². The minimum absolute atomic E-state index is 0.335. The Balaban J connectivity index is 1.99. The van der Waals surface area contributed by atoms with E-state index in [0.717, 1.165) is 16.6 Å². The maximum Gasteiger partial charge on any atom is 0.251 e. The molecule has 3 aromatic heterocycles. The van der Waals surface area contributed by atoms with Crippen molar-refractivity contribution in [2.45, 2.75) is 20.5 Å². The van der Waals surface area contributed by atoms with Gasteiger partial charge in [0.25, 0.3) is 5.89 Å². The first-order valence-electron chi connectivity index (χ1n) is 6.12. The Morgan fingerprint density at radius 1 is 1.37 bits per heavy atom. The van der Waals surface area contributed by atoms with E-state index in [1.54, 1.807) is 10.7 Å². The van der Waals surface area contributed by atoms with Crippen LogP contribution < -0.4 is 0 Å². The predicted molar refractivity (Wildman–Crippen MR) is 68.6 cm³/mol. The second kappa shape index (κ2) is 4.81. The molecule has 0 N–H and O–H groups in total. The first-order valence-corrected chi connectivity index (χ1v) is 6.12. The molecule has 0 aliphatic carbocycles. The molecule has 19 heavy (non-hydrogen) atoms. The number of hydrogen-bond acceptors (Lipinski definition) is 5. The summed E-state index contributed by atoms with van der Waals surface area (Å²) in [6.07, 6.45) is 3.64. The highest BCUT2D eigenvalue weighted by molar-refractivity contribution is 5.74. The van der Waals surface area contributed by atoms with Crippen LogP contribution in [0.5, 0.6) is 0 Å². The molecule has 0 bridgehead atoms. The fourth-order valence-corrected chi connectivity index (χ4v) is 1.86. The summed E-state index contributed by atoms with van der Waals surface area (Å²) in [7, 11) is 0. The van der Waals surface area contributed by atoms with Crippen LogP contribution in [0.2, 0.25) is 0 Å². The molecule has 98 valence electrons. The fourth-order valence-electron chi connectivity index (χ4n) is 1.86. The van der Waals surface area contributed by atoms with Crippen molar-refractivity contribution in [2.75, 3.05) is 6.61 Å². The van der Waals surface area contributed by atoms with Crippen LogP contribution >= 0.6 is 0 Å². The third-order valence-electron chi connectivity index (χ3n) is 2.80. The van der Waals surface area contributed by atoms with E-state index in [1.807, 2.05) is 32.2 Å². The highest BCUT2D eigenvalue weighted by atomic mass is 16.5. The molecule has 0 fully saturated rings. The van der Waals surface area contributed by atoms with E-state index in [2.05, 4.69) is 15.3 Å². The Hall–Kier alpha value is -2.21. The highest BCUT2D eigenvalue weighted by Crippen LogP contribution is 2.23. The molecule has 0 spiro atoms. The number of ether oxygens (including phenoxy) is 1. The first-order chi connectivity index (χ1) is 9.28. The van der Waals surface area contributed by atoms with E-state index < -0.39 is 0 Å². The van der Waals surface area contributed by atoms with Gasteiger partial charge < -0.3 is 9.15 Å². The molecule has 0 saturated heterocycles. The molecular formula is C13H14N4O2. The standard InChI is InChI=1S/C13H14N4O2/c1-3-18-8-12-15-16-13(19-12)10-7-14-17-5-4-9(2)6-11(10)17/h4-7H,3,8H2,1-2H3. The van der Waals surface area contributed by atoms with Crippen molar-refractivity contribution in [3.63, 3.8) is 0 Å². The summed E-state index contributed by atoms with van der Waals surface area (Å²) in [5.41, 5.74) is 2.94. The number of fused-ring (bicyclic) bond motifs is 1. The van der Waals surface area contributed by atoms with Crippen LogP contribution in [0.15, 0.2) is 28.9 Å². The summed E-state index contributed by atoms with van der Waals surface area (Å²) in [6.45, 7) is 4.91. The van der Waals surface area contributed by atoms with Crippen molar-refractivity contribution in [2.24, 2.45) is 0 Å². The third kappa shape index (κ3) is 2.22. The van der Waals surface area contributed by atoms with Gasteiger partial charge in [-0.15, -0.1) is 10.2 Å². The predicted octanol–water partition coefficient (Wildman–Crippen LogP) is 2.23. The Labute approximate surface area is 110 Å². The van der Waals surface area contributed by atoms with Crippen molar-refractivity contribution in [3.8, 4) is 11.5 Å². The Morgan fingerprint density at radius 2 is 2.26 bits per heavy atom. The van der Waals surface area contributed by atoms with E-state index in [0.29, 0.717) is 25.0 Å². The molecule has 6 nitrogen and oxygen atoms in total. The van der Waals surface area contributed by atoms with Gasteiger partial charge in [0.1, 0.15) is 6.61 Å². The van der Waals surface area contributed by atoms with Gasteiger partial charge in [0.2, 0.25) is 5.89 Å². The molecule has 0 amide bonds. The number of aromatic nitrogens is 4. The van der Waals surface area contributed by atoms with Gasteiger partial charge in [-0.3, -0.25) is 0 Å². The minimum Gasteiger partial charge on any atom is -0.418 e. The molecule has 0 radical (unpaired) electrons. The van der Waals surface area contributed by atoms with E-state index >= 15 is 0 Å². The summed E-state index contributed by atoms with van der Waals surface area (Å²) in [5.74, 6) is 0.944. The molecule has 0 aliphatic heterocycles. The largest absolute Gasteiger partial charge is 0.418 e. The Kier molecular flexibility index (Phi) is 3.00. The van der Waals surface area contributed by atoms with Gasteiger partial charge in [0, 0.05) is 12.8 Å². The molecule has 0 atom stereocenters. The van der Waals surface area contributed by atoms with Gasteiger partial charge in [-0.05, 0) is 31.5 Å². The fraction of sp³-hybridized carbons (Fsp3) is 0.308. The van der Waals surface area contributed by atoms with Gasteiger partial charge in [0.15, 0.2) is 0 Å². The monoisotopic (exact) mass is 258 g/mol.